The quantitative estimate of drug-likeness (QED) is 0.0409. The van der Waals surface area contributed by atoms with Crippen molar-refractivity contribution in [2.45, 2.75) is 57.3 Å². The number of carbonyl (C=O) groups excluding carboxylic acids is 4. The van der Waals surface area contributed by atoms with Gasteiger partial charge in [0.15, 0.2) is 31.9 Å². The first-order chi connectivity index (χ1) is 49.1. The highest BCUT2D eigenvalue weighted by Crippen LogP contribution is 2.41. The third-order valence-corrected chi connectivity index (χ3v) is 22.5. The molecule has 4 amide bonds. The lowest BCUT2D eigenvalue weighted by Crippen LogP contribution is -2.53. The van der Waals surface area contributed by atoms with Crippen molar-refractivity contribution >= 4 is 114 Å². The van der Waals surface area contributed by atoms with Gasteiger partial charge in [0.2, 0.25) is 0 Å². The maximum atomic E-state index is 14.1. The number of aromatic nitrogens is 4. The monoisotopic (exact) mass is 1490 g/mol. The fourth-order valence-electron chi connectivity index (χ4n) is 13.1. The molecule has 0 bridgehead atoms. The number of aliphatic hydroxyl groups excluding tert-OH is 2. The Morgan fingerprint density at radius 2 is 1.07 bits per heavy atom. The zero-order valence-corrected chi connectivity index (χ0v) is 60.6. The van der Waals surface area contributed by atoms with Crippen molar-refractivity contribution in [2.75, 3.05) is 89.5 Å². The van der Waals surface area contributed by atoms with Crippen LogP contribution in [0.3, 0.4) is 0 Å². The standard InChI is InChI=1S/C37H37ClFN7O4S2.C35H33ClFN7O4S2/c1-21(47)37(2,3)16-22-5-7-23(8-6-22)29-20-52-35(42-29)46-18-25-17-44(12-13-45(25)36(46)49)19-28-30(34(48)50-4)31(26-10-9-24(39)15-27(26)38)43-32(41-28)33-40-11-14-51-33;1-20(45)3-4-21-5-7-22(8-6-21)28-19-50-34(40-28)44-17-24-16-42(12-13-43(24)35(44)47)18-27-29(33(46)48-2)30(25-10-9-23(37)15-26(25)36)41-31(39-27)32-38-11-14-49-32/h5-11,14-15,20,25,31,47H,1,12-13,16-19H2,2-4H3,(H,41,43);5-11,14-15,19,24,30,45H,1,3-4,12-13,16-18H2,2H3,(H,39,41)/t25-,31-;24-,30-/m00/s1. The lowest BCUT2D eigenvalue weighted by molar-refractivity contribution is -0.137. The Morgan fingerprint density at radius 1 is 0.627 bits per heavy atom. The molecule has 6 aliphatic heterocycles. The molecule has 10 heterocycles. The van der Waals surface area contributed by atoms with E-state index in [9.17, 15) is 38.2 Å². The van der Waals surface area contributed by atoms with E-state index in [-0.39, 0.29) is 56.9 Å². The molecule has 0 unspecified atom stereocenters. The zero-order chi connectivity index (χ0) is 71.7. The number of amidine groups is 2. The Morgan fingerprint density at radius 3 is 1.46 bits per heavy atom. The maximum Gasteiger partial charge on any atom is 0.338 e. The first-order valence-electron chi connectivity index (χ1n) is 32.6. The van der Waals surface area contributed by atoms with Gasteiger partial charge in [-0.05, 0) is 48.2 Å². The van der Waals surface area contributed by atoms with Crippen LogP contribution in [0.5, 0.6) is 0 Å². The molecule has 22 nitrogen and oxygen atoms in total. The van der Waals surface area contributed by atoms with Crippen LogP contribution in [0.25, 0.3) is 22.5 Å². The number of piperazine rings is 2. The van der Waals surface area contributed by atoms with Crippen LogP contribution in [0.1, 0.15) is 64.6 Å². The minimum Gasteiger partial charge on any atom is -0.513 e. The average molecular weight is 1500 g/mol. The minimum atomic E-state index is -0.858. The molecule has 4 saturated heterocycles. The van der Waals surface area contributed by atoms with E-state index in [0.717, 1.165) is 33.6 Å². The molecule has 0 saturated carbocycles. The van der Waals surface area contributed by atoms with Crippen LogP contribution in [0, 0.1) is 17.0 Å². The molecule has 0 radical (unpaired) electrons. The fourth-order valence-corrected chi connectivity index (χ4v) is 16.5. The summed E-state index contributed by atoms with van der Waals surface area (Å²) in [6.45, 7) is 16.0. The summed E-state index contributed by atoms with van der Waals surface area (Å²) in [4.78, 5) is 93.8. The van der Waals surface area contributed by atoms with Gasteiger partial charge in [-0.15, -0.1) is 45.3 Å². The first-order valence-corrected chi connectivity index (χ1v) is 36.8. The Hall–Kier alpha value is -9.26. The number of methoxy groups -OCH3 is 2. The number of halogens is 4. The number of carbonyl (C=O) groups is 4. The topological polar surface area (TPSA) is 247 Å². The van der Waals surface area contributed by atoms with Crippen LogP contribution in [0.2, 0.25) is 10.0 Å². The van der Waals surface area contributed by atoms with Crippen LogP contribution in [0.4, 0.5) is 28.6 Å². The number of nitrogens with one attached hydrogen (secondary N) is 2. The van der Waals surface area contributed by atoms with Gasteiger partial charge in [-0.3, -0.25) is 29.6 Å². The van der Waals surface area contributed by atoms with Crippen molar-refractivity contribution in [3.05, 3.63) is 220 Å². The molecule has 14 rings (SSSR count). The largest absolute Gasteiger partial charge is 0.513 e. The zero-order valence-electron chi connectivity index (χ0n) is 55.8. The normalized spacial score (nSPS) is 19.4. The summed E-state index contributed by atoms with van der Waals surface area (Å²) < 4.78 is 38.5. The van der Waals surface area contributed by atoms with E-state index in [2.05, 4.69) is 43.6 Å². The van der Waals surface area contributed by atoms with Gasteiger partial charge in [-0.1, -0.05) is 111 Å². The van der Waals surface area contributed by atoms with Crippen LogP contribution in [-0.4, -0.2) is 177 Å². The van der Waals surface area contributed by atoms with Crippen LogP contribution in [-0.2, 0) is 31.9 Å². The van der Waals surface area contributed by atoms with Gasteiger partial charge in [0.25, 0.3) is 0 Å². The number of urea groups is 2. The van der Waals surface area contributed by atoms with Gasteiger partial charge in [0.1, 0.15) is 23.7 Å². The van der Waals surface area contributed by atoms with Gasteiger partial charge in [-0.25, -0.2) is 47.9 Å². The SMILES string of the molecule is C=C(O)C(C)(C)Cc1ccc(-c2csc(N3C[C@@H]4CN(CC5=C(C(=O)OC)[C@H](c6ccc(F)cc6Cl)N=C(c6nccs6)N5)CCN4C3=O)n2)cc1.C=C(O)CCc1ccc(-c2csc(N3C[C@@H]4CN(CC5=C(C(=O)OC)[C@H](c6ccc(F)cc6Cl)N=C(c6nccs6)N5)CCN4C3=O)n2)cc1. The van der Waals surface area contributed by atoms with Crippen LogP contribution in [0.15, 0.2) is 176 Å². The molecule has 102 heavy (non-hydrogen) atoms. The Kier molecular flexibility index (Phi) is 21.2. The van der Waals surface area contributed by atoms with E-state index in [0.29, 0.717) is 139 Å². The molecule has 30 heteroatoms. The molecule has 0 aliphatic carbocycles. The maximum absolute atomic E-state index is 14.1. The minimum absolute atomic E-state index is 0.0791. The molecule has 4 aromatic heterocycles. The summed E-state index contributed by atoms with van der Waals surface area (Å²) in [7, 11) is 2.62. The fraction of sp³-hybridized carbons (Fsp3) is 0.306. The highest BCUT2D eigenvalue weighted by atomic mass is 35.5. The lowest BCUT2D eigenvalue weighted by atomic mass is 9.84. The molecule has 6 aliphatic rings. The number of amides is 4. The van der Waals surface area contributed by atoms with E-state index < -0.39 is 41.1 Å². The van der Waals surface area contributed by atoms with Crippen molar-refractivity contribution in [2.24, 2.45) is 15.4 Å². The van der Waals surface area contributed by atoms with E-state index >= 15 is 0 Å². The molecule has 4 aromatic carbocycles. The number of benzene rings is 4. The number of esters is 2. The van der Waals surface area contributed by atoms with Crippen LogP contribution >= 0.6 is 68.5 Å². The molecule has 8 aromatic rings. The number of fused-ring (bicyclic) bond motifs is 2. The Bertz CT molecular complexity index is 4660. The molecule has 4 atom stereocenters. The number of thiazole rings is 4. The van der Waals surface area contributed by atoms with Crippen molar-refractivity contribution in [3.8, 4) is 22.5 Å². The van der Waals surface area contributed by atoms with Crippen molar-refractivity contribution in [1.82, 2.24) is 50.2 Å². The average Bonchev–Trinajstić information content (AvgIpc) is 1.52. The van der Waals surface area contributed by atoms with Gasteiger partial charge in [0.05, 0.1) is 73.4 Å². The number of hydrogen-bond donors (Lipinski definition) is 4. The van der Waals surface area contributed by atoms with Gasteiger partial charge in [-0.2, -0.15) is 0 Å². The van der Waals surface area contributed by atoms with Crippen molar-refractivity contribution in [3.63, 3.8) is 0 Å². The van der Waals surface area contributed by atoms with E-state index in [1.54, 1.807) is 22.2 Å². The number of aryl methyl sites for hydroxylation is 1. The highest BCUT2D eigenvalue weighted by Gasteiger charge is 2.46. The van der Waals surface area contributed by atoms with E-state index in [4.69, 9.17) is 52.6 Å². The third-order valence-electron chi connectivity index (χ3n) is 18.6. The summed E-state index contributed by atoms with van der Waals surface area (Å²) in [5, 5.41) is 36.4. The van der Waals surface area contributed by atoms with E-state index in [1.807, 2.05) is 93.7 Å². The van der Waals surface area contributed by atoms with Gasteiger partial charge in [0, 0.05) is 142 Å². The predicted molar refractivity (Wildman–Crippen MR) is 394 cm³/mol. The first kappa shape index (κ1) is 71.1. The molecule has 4 fully saturated rings. The van der Waals surface area contributed by atoms with E-state index in [1.165, 1.54) is 96.0 Å². The predicted octanol–water partition coefficient (Wildman–Crippen LogP) is 13.1. The number of nitrogens with zero attached hydrogens (tertiary/aromatic N) is 12. The lowest BCUT2D eigenvalue weighted by Gasteiger charge is -2.38. The number of anilines is 2. The molecule has 4 N–H and O–H groups in total. The summed E-state index contributed by atoms with van der Waals surface area (Å²) in [6.07, 6.45) is 5.22. The number of aliphatic hydroxyl groups is 2. The Balaban J connectivity index is 0.000000182. The Labute approximate surface area is 612 Å². The molecule has 0 spiro atoms. The van der Waals surface area contributed by atoms with Gasteiger partial charge < -0.3 is 40.1 Å². The summed E-state index contributed by atoms with van der Waals surface area (Å²) in [5.74, 6) is -0.891. The molecular weight excluding hydrogens is 1430 g/mol. The van der Waals surface area contributed by atoms with Gasteiger partial charge >= 0.3 is 24.0 Å². The molecule has 528 valence electrons. The summed E-state index contributed by atoms with van der Waals surface area (Å²) >= 11 is 18.7. The van der Waals surface area contributed by atoms with Crippen LogP contribution < -0.4 is 20.4 Å². The second-order valence-corrected chi connectivity index (χ2v) is 30.0. The number of hydrogen-bond acceptors (Lipinski definition) is 22. The van der Waals surface area contributed by atoms with Crippen molar-refractivity contribution in [1.29, 1.82) is 0 Å². The number of rotatable bonds is 20. The number of aliphatic imine (C=N–C) groups is 2. The van der Waals surface area contributed by atoms with Crippen molar-refractivity contribution < 1.29 is 47.6 Å². The highest BCUT2D eigenvalue weighted by molar-refractivity contribution is 7.14. The molecular formula is C72H70Cl2F2N14O8S4. The summed E-state index contributed by atoms with van der Waals surface area (Å²) in [6, 6.07) is 22.1. The third kappa shape index (κ3) is 15.3. The smallest absolute Gasteiger partial charge is 0.338 e. The second kappa shape index (κ2) is 30.4. The number of ether oxygens (including phenoxy) is 2. The summed E-state index contributed by atoms with van der Waals surface area (Å²) in [5.41, 5.74) is 7.85. The second-order valence-electron chi connectivity index (χ2n) is 25.7. The number of allylic oxidation sites excluding steroid dienone is 2.